The van der Waals surface area contributed by atoms with Gasteiger partial charge in [-0.3, -0.25) is 9.69 Å². The molecule has 4 aromatic rings. The van der Waals surface area contributed by atoms with E-state index in [1.165, 1.54) is 6.07 Å². The number of nitrogens with zero attached hydrogens (tertiary/aromatic N) is 5. The van der Waals surface area contributed by atoms with E-state index >= 15 is 0 Å². The first-order valence-corrected chi connectivity index (χ1v) is 17.0. The molecule has 3 aliphatic rings. The van der Waals surface area contributed by atoms with E-state index in [2.05, 4.69) is 14.8 Å². The maximum Gasteiger partial charge on any atom is 0.251 e. The molecule has 2 aromatic carbocycles. The Morgan fingerprint density at radius 2 is 2.06 bits per heavy atom. The summed E-state index contributed by atoms with van der Waals surface area (Å²) < 4.78 is 40.7. The van der Waals surface area contributed by atoms with E-state index in [0.717, 1.165) is 29.9 Å². The largest absolute Gasteiger partial charge is 0.473 e. The molecule has 2 N–H and O–H groups in total. The number of amides is 1. The van der Waals surface area contributed by atoms with Gasteiger partial charge in [0, 0.05) is 49.0 Å². The third-order valence-corrected chi connectivity index (χ3v) is 9.87. The van der Waals surface area contributed by atoms with Gasteiger partial charge in [0.05, 0.1) is 47.6 Å². The number of nitriles is 1. The number of halogens is 1. The molecule has 0 radical (unpaired) electrons. The Balaban J connectivity index is 1.07. The molecule has 12 nitrogen and oxygen atoms in total. The molecule has 5 heterocycles. The van der Waals surface area contributed by atoms with Crippen LogP contribution in [0.5, 0.6) is 5.88 Å². The zero-order valence-electron chi connectivity index (χ0n) is 28.2. The molecule has 3 aliphatic heterocycles. The van der Waals surface area contributed by atoms with Gasteiger partial charge in [0.15, 0.2) is 0 Å². The Labute approximate surface area is 289 Å². The lowest BCUT2D eigenvalue weighted by molar-refractivity contribution is -0.0609. The second-order valence-corrected chi connectivity index (χ2v) is 13.8. The molecule has 7 rings (SSSR count). The van der Waals surface area contributed by atoms with Crippen molar-refractivity contribution in [3.63, 3.8) is 0 Å². The highest BCUT2D eigenvalue weighted by Crippen LogP contribution is 2.42. The maximum absolute atomic E-state index is 14.4. The average molecular weight is 685 g/mol. The van der Waals surface area contributed by atoms with Gasteiger partial charge in [-0.1, -0.05) is 12.1 Å². The third-order valence-electron chi connectivity index (χ3n) is 9.87. The monoisotopic (exact) mass is 684 g/mol. The molecule has 0 aliphatic carbocycles. The number of imidazole rings is 1. The number of piperidine rings is 1. The standard InChI is InChI=1S/C37H41FN6O6/c1-36(2,12-14-45)42-35(46)25-8-9-29-30(17-25)44(19-27-10-15-47-27)33(40-29)21-43-13-11-37(32(20-43)49-23-50-37)31-4-3-5-34(41-31)48-22-26-7-6-24(18-39)16-28(26)38/h3-9,16-17,27,32,45H,10-15,19-23H2,1-2H3,(H,42,46)/t27?,32-,37-/m1/s1. The van der Waals surface area contributed by atoms with Crippen LogP contribution < -0.4 is 10.1 Å². The summed E-state index contributed by atoms with van der Waals surface area (Å²) in [6, 6.07) is 17.3. The van der Waals surface area contributed by atoms with Crippen LogP contribution >= 0.6 is 0 Å². The van der Waals surface area contributed by atoms with E-state index in [0.29, 0.717) is 61.7 Å². The first-order chi connectivity index (χ1) is 24.2. The number of aliphatic hydroxyl groups is 1. The average Bonchev–Trinajstić information content (AvgIpc) is 3.66. The van der Waals surface area contributed by atoms with Crippen molar-refractivity contribution >= 4 is 16.9 Å². The topological polar surface area (TPSA) is 144 Å². The Morgan fingerprint density at radius 1 is 1.20 bits per heavy atom. The van der Waals surface area contributed by atoms with Crippen molar-refractivity contribution < 1.29 is 33.2 Å². The van der Waals surface area contributed by atoms with Crippen molar-refractivity contribution in [1.29, 1.82) is 5.26 Å². The van der Waals surface area contributed by atoms with Crippen LogP contribution in [0.2, 0.25) is 0 Å². The number of carbonyl (C=O) groups excluding carboxylic acids is 1. The molecule has 3 saturated heterocycles. The summed E-state index contributed by atoms with van der Waals surface area (Å²) in [4.78, 5) is 25.3. The van der Waals surface area contributed by atoms with Crippen LogP contribution in [-0.2, 0) is 39.5 Å². The minimum absolute atomic E-state index is 0.0138. The molecule has 0 saturated carbocycles. The Kier molecular flexibility index (Phi) is 9.56. The van der Waals surface area contributed by atoms with Gasteiger partial charge >= 0.3 is 0 Å². The number of benzene rings is 2. The van der Waals surface area contributed by atoms with Gasteiger partial charge in [-0.2, -0.15) is 5.26 Å². The number of pyridine rings is 1. The Morgan fingerprint density at radius 3 is 2.82 bits per heavy atom. The van der Waals surface area contributed by atoms with Crippen LogP contribution in [0.1, 0.15) is 66.1 Å². The van der Waals surface area contributed by atoms with Gasteiger partial charge in [-0.15, -0.1) is 0 Å². The highest BCUT2D eigenvalue weighted by molar-refractivity contribution is 5.97. The van der Waals surface area contributed by atoms with Gasteiger partial charge < -0.3 is 33.9 Å². The lowest BCUT2D eigenvalue weighted by Gasteiger charge is -2.41. The third kappa shape index (κ3) is 6.95. The van der Waals surface area contributed by atoms with E-state index in [9.17, 15) is 14.3 Å². The molecule has 3 fully saturated rings. The number of hydrogen-bond donors (Lipinski definition) is 2. The molecule has 262 valence electrons. The lowest BCUT2D eigenvalue weighted by atomic mass is 9.85. The van der Waals surface area contributed by atoms with Crippen LogP contribution in [0.4, 0.5) is 4.39 Å². The second kappa shape index (κ2) is 14.0. The number of aromatic nitrogens is 3. The number of carbonyl (C=O) groups is 1. The van der Waals surface area contributed by atoms with Crippen molar-refractivity contribution in [1.82, 2.24) is 24.8 Å². The van der Waals surface area contributed by atoms with Gasteiger partial charge in [0.1, 0.15) is 36.7 Å². The Bertz CT molecular complexity index is 1920. The number of likely N-dealkylation sites (tertiary alicyclic amines) is 1. The predicted molar refractivity (Wildman–Crippen MR) is 179 cm³/mol. The van der Waals surface area contributed by atoms with Gasteiger partial charge in [0.2, 0.25) is 5.88 Å². The Hall–Kier alpha value is -4.45. The summed E-state index contributed by atoms with van der Waals surface area (Å²) in [5.41, 5.74) is 2.18. The number of fused-ring (bicyclic) bond motifs is 2. The molecular weight excluding hydrogens is 643 g/mol. The van der Waals surface area contributed by atoms with Crippen molar-refractivity contribution in [2.24, 2.45) is 0 Å². The van der Waals surface area contributed by atoms with Crippen molar-refractivity contribution in [2.75, 3.05) is 33.1 Å². The summed E-state index contributed by atoms with van der Waals surface area (Å²) >= 11 is 0. The predicted octanol–water partition coefficient (Wildman–Crippen LogP) is 4.17. The zero-order valence-corrected chi connectivity index (χ0v) is 28.2. The molecular formula is C37H41FN6O6. The van der Waals surface area contributed by atoms with Crippen LogP contribution in [0, 0.1) is 17.1 Å². The normalized spacial score (nSPS) is 22.1. The van der Waals surface area contributed by atoms with E-state index in [4.69, 9.17) is 34.2 Å². The highest BCUT2D eigenvalue weighted by atomic mass is 19.1. The number of ether oxygens (including phenoxy) is 4. The smallest absolute Gasteiger partial charge is 0.251 e. The lowest BCUT2D eigenvalue weighted by Crippen LogP contribution is -2.52. The van der Waals surface area contributed by atoms with Crippen molar-refractivity contribution in [2.45, 2.75) is 76.2 Å². The first-order valence-electron chi connectivity index (χ1n) is 17.0. The number of hydrogen-bond acceptors (Lipinski definition) is 10. The fourth-order valence-electron chi connectivity index (χ4n) is 6.85. The van der Waals surface area contributed by atoms with Gasteiger partial charge in [0.25, 0.3) is 5.91 Å². The van der Waals surface area contributed by atoms with Crippen LogP contribution in [0.25, 0.3) is 11.0 Å². The molecule has 1 amide bonds. The second-order valence-electron chi connectivity index (χ2n) is 13.8. The summed E-state index contributed by atoms with van der Waals surface area (Å²) in [5.74, 6) is 0.518. The summed E-state index contributed by atoms with van der Waals surface area (Å²) in [7, 11) is 0. The highest BCUT2D eigenvalue weighted by Gasteiger charge is 2.51. The molecule has 1 unspecified atom stereocenters. The summed E-state index contributed by atoms with van der Waals surface area (Å²) in [5, 5.41) is 21.5. The maximum atomic E-state index is 14.4. The zero-order chi connectivity index (χ0) is 34.9. The van der Waals surface area contributed by atoms with Crippen LogP contribution in [0.15, 0.2) is 54.6 Å². The van der Waals surface area contributed by atoms with Crippen LogP contribution in [0.3, 0.4) is 0 Å². The minimum atomic E-state index is -0.762. The number of aliphatic hydroxyl groups excluding tert-OH is 1. The van der Waals surface area contributed by atoms with Gasteiger partial charge in [-0.25, -0.2) is 14.4 Å². The van der Waals surface area contributed by atoms with E-state index in [-0.39, 0.29) is 43.7 Å². The molecule has 13 heteroatoms. The molecule has 0 bridgehead atoms. The van der Waals surface area contributed by atoms with E-state index in [1.807, 2.05) is 44.2 Å². The number of nitrogens with one attached hydrogen (secondary N) is 1. The first kappa shape index (κ1) is 34.0. The van der Waals surface area contributed by atoms with Gasteiger partial charge in [-0.05, 0) is 69.5 Å². The van der Waals surface area contributed by atoms with Crippen molar-refractivity contribution in [3.05, 3.63) is 88.6 Å². The quantitative estimate of drug-likeness (QED) is 0.223. The molecule has 50 heavy (non-hydrogen) atoms. The van der Waals surface area contributed by atoms with Crippen molar-refractivity contribution in [3.8, 4) is 11.9 Å². The summed E-state index contributed by atoms with van der Waals surface area (Å²) in [6.07, 6.45) is 1.83. The fourth-order valence-corrected chi connectivity index (χ4v) is 6.85. The SMILES string of the molecule is CC(C)(CCO)NC(=O)c1ccc2nc(CN3CC[C@]4(c5cccc(OCc6ccc(C#N)cc6F)n5)OCO[C@@H]4C3)n(CC3CCO3)c2c1. The fraction of sp³-hybridized carbons (Fsp3) is 0.459. The van der Waals surface area contributed by atoms with Crippen LogP contribution in [-0.4, -0.2) is 81.3 Å². The molecule has 3 atom stereocenters. The van der Waals surface area contributed by atoms with E-state index < -0.39 is 17.0 Å². The number of rotatable bonds is 12. The summed E-state index contributed by atoms with van der Waals surface area (Å²) in [6.45, 7) is 7.09. The minimum Gasteiger partial charge on any atom is -0.473 e. The molecule has 0 spiro atoms. The van der Waals surface area contributed by atoms with E-state index in [1.54, 1.807) is 24.3 Å². The molecule has 2 aromatic heterocycles.